The van der Waals surface area contributed by atoms with Gasteiger partial charge >= 0.3 is 0 Å². The molecule has 0 aliphatic heterocycles. The quantitative estimate of drug-likeness (QED) is 0.889. The predicted molar refractivity (Wildman–Crippen MR) is 66.6 cm³/mol. The Morgan fingerprint density at radius 2 is 2.07 bits per heavy atom. The number of hydrogen-bond donors (Lipinski definition) is 1. The van der Waals surface area contributed by atoms with Crippen molar-refractivity contribution in [2.24, 2.45) is 5.73 Å². The molecule has 0 saturated heterocycles. The summed E-state index contributed by atoms with van der Waals surface area (Å²) in [5.41, 5.74) is 6.99. The van der Waals surface area contributed by atoms with Crippen LogP contribution in [-0.2, 0) is 6.54 Å². The zero-order valence-electron chi connectivity index (χ0n) is 8.82. The molecule has 0 amide bonds. The van der Waals surface area contributed by atoms with Crippen LogP contribution in [0.15, 0.2) is 28.7 Å². The smallest absolute Gasteiger partial charge is 0.0248 e. The molecule has 1 aliphatic carbocycles. The van der Waals surface area contributed by atoms with E-state index < -0.39 is 0 Å². The first-order valence-corrected chi connectivity index (χ1v) is 6.28. The molecule has 0 unspecified atom stereocenters. The fraction of sp³-hybridized carbons (Fsp3) is 0.500. The molecular formula is C12H17BrN2. The first-order valence-electron chi connectivity index (χ1n) is 5.49. The molecule has 2 nitrogen and oxygen atoms in total. The molecule has 82 valence electrons. The summed E-state index contributed by atoms with van der Waals surface area (Å²) in [5, 5.41) is 0. The summed E-state index contributed by atoms with van der Waals surface area (Å²) in [7, 11) is 0. The minimum Gasteiger partial charge on any atom is -0.329 e. The van der Waals surface area contributed by atoms with E-state index in [2.05, 4.69) is 45.1 Å². The Labute approximate surface area is 99.6 Å². The standard InChI is InChI=1S/C12H17BrN2/c13-12-4-2-1-3-10(12)9-15(8-7-14)11-5-6-11/h1-4,11H,5-9,14H2. The minimum atomic E-state index is 0.751. The predicted octanol–water partition coefficient (Wildman–Crippen LogP) is 2.37. The topological polar surface area (TPSA) is 29.3 Å². The summed E-state index contributed by atoms with van der Waals surface area (Å²) in [4.78, 5) is 2.49. The van der Waals surface area contributed by atoms with Gasteiger partial charge in [-0.2, -0.15) is 0 Å². The molecule has 2 N–H and O–H groups in total. The number of hydrogen-bond acceptors (Lipinski definition) is 2. The van der Waals surface area contributed by atoms with E-state index in [1.165, 1.54) is 22.9 Å². The fourth-order valence-electron chi connectivity index (χ4n) is 1.84. The van der Waals surface area contributed by atoms with Crippen molar-refractivity contribution in [2.45, 2.75) is 25.4 Å². The number of halogens is 1. The fourth-order valence-corrected chi connectivity index (χ4v) is 2.25. The molecule has 1 aliphatic rings. The van der Waals surface area contributed by atoms with Gasteiger partial charge in [0.15, 0.2) is 0 Å². The number of rotatable bonds is 5. The van der Waals surface area contributed by atoms with E-state index in [-0.39, 0.29) is 0 Å². The average molecular weight is 269 g/mol. The normalized spacial score (nSPS) is 15.9. The molecular weight excluding hydrogens is 252 g/mol. The molecule has 0 radical (unpaired) electrons. The van der Waals surface area contributed by atoms with Crippen molar-refractivity contribution >= 4 is 15.9 Å². The highest BCUT2D eigenvalue weighted by Crippen LogP contribution is 2.29. The minimum absolute atomic E-state index is 0.751. The van der Waals surface area contributed by atoms with Crippen molar-refractivity contribution < 1.29 is 0 Å². The van der Waals surface area contributed by atoms with Crippen LogP contribution < -0.4 is 5.73 Å². The highest BCUT2D eigenvalue weighted by molar-refractivity contribution is 9.10. The third-order valence-corrected chi connectivity index (χ3v) is 3.58. The van der Waals surface area contributed by atoms with Crippen molar-refractivity contribution in [2.75, 3.05) is 13.1 Å². The molecule has 1 fully saturated rings. The second kappa shape index (κ2) is 5.10. The SMILES string of the molecule is NCCN(Cc1ccccc1Br)C1CC1. The van der Waals surface area contributed by atoms with E-state index in [1.807, 2.05) is 0 Å². The molecule has 15 heavy (non-hydrogen) atoms. The summed E-state index contributed by atoms with van der Waals surface area (Å²) in [6.45, 7) is 2.77. The van der Waals surface area contributed by atoms with Gasteiger partial charge < -0.3 is 5.73 Å². The van der Waals surface area contributed by atoms with Gasteiger partial charge in [-0.15, -0.1) is 0 Å². The van der Waals surface area contributed by atoms with E-state index >= 15 is 0 Å². The van der Waals surface area contributed by atoms with Gasteiger partial charge in [0.1, 0.15) is 0 Å². The van der Waals surface area contributed by atoms with Crippen molar-refractivity contribution in [3.63, 3.8) is 0 Å². The summed E-state index contributed by atoms with van der Waals surface area (Å²) in [6.07, 6.45) is 2.68. The van der Waals surface area contributed by atoms with Gasteiger partial charge in [0.2, 0.25) is 0 Å². The molecule has 1 aromatic carbocycles. The Morgan fingerprint density at radius 3 is 2.67 bits per heavy atom. The summed E-state index contributed by atoms with van der Waals surface area (Å²) >= 11 is 3.59. The van der Waals surface area contributed by atoms with Gasteiger partial charge in [-0.25, -0.2) is 0 Å². The molecule has 0 aromatic heterocycles. The lowest BCUT2D eigenvalue weighted by molar-refractivity contribution is 0.262. The lowest BCUT2D eigenvalue weighted by atomic mass is 10.2. The van der Waals surface area contributed by atoms with Crippen LogP contribution in [0.2, 0.25) is 0 Å². The number of nitrogens with two attached hydrogens (primary N) is 1. The average Bonchev–Trinajstić information content (AvgIpc) is 3.04. The molecule has 2 rings (SSSR count). The van der Waals surface area contributed by atoms with Gasteiger partial charge in [0, 0.05) is 30.1 Å². The Hall–Kier alpha value is -0.380. The van der Waals surface area contributed by atoms with Crippen molar-refractivity contribution in [1.82, 2.24) is 4.90 Å². The zero-order valence-corrected chi connectivity index (χ0v) is 10.4. The third kappa shape index (κ3) is 3.03. The van der Waals surface area contributed by atoms with Crippen molar-refractivity contribution in [3.05, 3.63) is 34.3 Å². The van der Waals surface area contributed by atoms with Crippen LogP contribution >= 0.6 is 15.9 Å². The van der Waals surface area contributed by atoms with E-state index in [0.29, 0.717) is 0 Å². The highest BCUT2D eigenvalue weighted by Gasteiger charge is 2.28. The Morgan fingerprint density at radius 1 is 1.33 bits per heavy atom. The second-order valence-corrected chi connectivity index (χ2v) is 4.94. The molecule has 0 atom stereocenters. The van der Waals surface area contributed by atoms with Gasteiger partial charge in [-0.3, -0.25) is 4.90 Å². The molecule has 1 aromatic rings. The van der Waals surface area contributed by atoms with Crippen LogP contribution in [0.5, 0.6) is 0 Å². The van der Waals surface area contributed by atoms with Crippen LogP contribution in [-0.4, -0.2) is 24.0 Å². The second-order valence-electron chi connectivity index (χ2n) is 4.08. The Balaban J connectivity index is 2.02. The Bertz CT molecular complexity index is 323. The van der Waals surface area contributed by atoms with Crippen LogP contribution in [0.4, 0.5) is 0 Å². The van der Waals surface area contributed by atoms with Gasteiger partial charge in [-0.1, -0.05) is 34.1 Å². The van der Waals surface area contributed by atoms with Crippen molar-refractivity contribution in [3.8, 4) is 0 Å². The lowest BCUT2D eigenvalue weighted by Crippen LogP contribution is -2.31. The van der Waals surface area contributed by atoms with Crippen LogP contribution in [0.1, 0.15) is 18.4 Å². The third-order valence-electron chi connectivity index (χ3n) is 2.81. The van der Waals surface area contributed by atoms with Crippen LogP contribution in [0.3, 0.4) is 0 Å². The summed E-state index contributed by atoms with van der Waals surface area (Å²) in [6, 6.07) is 9.20. The largest absolute Gasteiger partial charge is 0.329 e. The summed E-state index contributed by atoms with van der Waals surface area (Å²) < 4.78 is 1.20. The number of nitrogens with zero attached hydrogens (tertiary/aromatic N) is 1. The van der Waals surface area contributed by atoms with E-state index in [1.54, 1.807) is 0 Å². The van der Waals surface area contributed by atoms with Gasteiger partial charge in [-0.05, 0) is 24.5 Å². The van der Waals surface area contributed by atoms with E-state index in [4.69, 9.17) is 5.73 Å². The van der Waals surface area contributed by atoms with Gasteiger partial charge in [0.25, 0.3) is 0 Å². The molecule has 1 saturated carbocycles. The number of benzene rings is 1. The first kappa shape index (κ1) is 11.1. The highest BCUT2D eigenvalue weighted by atomic mass is 79.9. The van der Waals surface area contributed by atoms with Crippen molar-refractivity contribution in [1.29, 1.82) is 0 Å². The van der Waals surface area contributed by atoms with E-state index in [0.717, 1.165) is 25.7 Å². The monoisotopic (exact) mass is 268 g/mol. The summed E-state index contributed by atoms with van der Waals surface area (Å²) in [5.74, 6) is 0. The Kier molecular flexibility index (Phi) is 3.78. The zero-order chi connectivity index (χ0) is 10.7. The maximum atomic E-state index is 5.63. The van der Waals surface area contributed by atoms with Gasteiger partial charge in [0.05, 0.1) is 0 Å². The van der Waals surface area contributed by atoms with Crippen LogP contribution in [0.25, 0.3) is 0 Å². The molecule has 3 heteroatoms. The lowest BCUT2D eigenvalue weighted by Gasteiger charge is -2.21. The van der Waals surface area contributed by atoms with Crippen LogP contribution in [0, 0.1) is 0 Å². The molecule has 0 heterocycles. The molecule has 0 bridgehead atoms. The van der Waals surface area contributed by atoms with E-state index in [9.17, 15) is 0 Å². The maximum absolute atomic E-state index is 5.63. The molecule has 0 spiro atoms. The first-order chi connectivity index (χ1) is 7.31. The maximum Gasteiger partial charge on any atom is 0.0248 e.